The Morgan fingerprint density at radius 2 is 1.92 bits per heavy atom. The van der Waals surface area contributed by atoms with E-state index < -0.39 is 21.9 Å². The maximum absolute atomic E-state index is 12.8. The number of sulfonamides is 1. The number of methoxy groups -OCH3 is 1. The fraction of sp³-hybridized carbons (Fsp3) is 0.562. The summed E-state index contributed by atoms with van der Waals surface area (Å²) < 4.78 is 37.2. The van der Waals surface area contributed by atoms with Crippen molar-refractivity contribution in [2.45, 2.75) is 30.7 Å². The van der Waals surface area contributed by atoms with Crippen molar-refractivity contribution in [1.29, 1.82) is 0 Å². The van der Waals surface area contributed by atoms with Gasteiger partial charge in [-0.2, -0.15) is 4.31 Å². The first kappa shape index (κ1) is 18.7. The van der Waals surface area contributed by atoms with Gasteiger partial charge in [-0.15, -0.1) is 0 Å². The molecule has 0 aromatic heterocycles. The lowest BCUT2D eigenvalue weighted by Gasteiger charge is -2.35. The molecule has 0 amide bonds. The minimum Gasteiger partial charge on any atom is -0.491 e. The van der Waals surface area contributed by atoms with Crippen LogP contribution in [0, 0.1) is 5.92 Å². The number of ether oxygens (including phenoxy) is 2. The van der Waals surface area contributed by atoms with E-state index >= 15 is 0 Å². The molecule has 2 atom stereocenters. The summed E-state index contributed by atoms with van der Waals surface area (Å²) >= 11 is 0. The van der Waals surface area contributed by atoms with Gasteiger partial charge in [-0.05, 0) is 44.0 Å². The lowest BCUT2D eigenvalue weighted by molar-refractivity contribution is -0.143. The van der Waals surface area contributed by atoms with Crippen molar-refractivity contribution in [3.05, 3.63) is 24.3 Å². The summed E-state index contributed by atoms with van der Waals surface area (Å²) in [7, 11) is -2.16. The van der Waals surface area contributed by atoms with Crippen molar-refractivity contribution in [2.24, 2.45) is 5.92 Å². The predicted molar refractivity (Wildman–Crippen MR) is 87.5 cm³/mol. The molecule has 134 valence electrons. The zero-order chi connectivity index (χ0) is 17.7. The van der Waals surface area contributed by atoms with Crippen LogP contribution < -0.4 is 4.74 Å². The summed E-state index contributed by atoms with van der Waals surface area (Å²) in [6.07, 6.45) is 1.03. The number of hydrogen-bond acceptors (Lipinski definition) is 5. The Balaban J connectivity index is 2.15. The summed E-state index contributed by atoms with van der Waals surface area (Å²) in [6.45, 7) is 2.64. The van der Waals surface area contributed by atoms with Gasteiger partial charge in [-0.25, -0.2) is 8.42 Å². The van der Waals surface area contributed by atoms with Crippen LogP contribution in [0.3, 0.4) is 0 Å². The van der Waals surface area contributed by atoms with Crippen LogP contribution in [-0.2, 0) is 19.6 Å². The third-order valence-electron chi connectivity index (χ3n) is 4.16. The monoisotopic (exact) mass is 357 g/mol. The molecule has 0 radical (unpaired) electrons. The Bertz CT molecular complexity index is 658. The Morgan fingerprint density at radius 3 is 2.50 bits per heavy atom. The lowest BCUT2D eigenvalue weighted by Crippen LogP contribution is -2.47. The van der Waals surface area contributed by atoms with Crippen LogP contribution in [0.2, 0.25) is 0 Å². The zero-order valence-electron chi connectivity index (χ0n) is 13.8. The quantitative estimate of drug-likeness (QED) is 0.745. The van der Waals surface area contributed by atoms with Crippen LogP contribution in [-0.4, -0.2) is 56.7 Å². The largest absolute Gasteiger partial charge is 0.491 e. The number of piperidine rings is 1. The number of hydrogen-bond donors (Lipinski definition) is 1. The number of benzene rings is 1. The van der Waals surface area contributed by atoms with Crippen molar-refractivity contribution < 1.29 is 27.8 Å². The average molecular weight is 357 g/mol. The predicted octanol–water partition coefficient (Wildman–Crippen LogP) is 1.59. The van der Waals surface area contributed by atoms with E-state index in [1.807, 2.05) is 0 Å². The first-order valence-electron chi connectivity index (χ1n) is 7.82. The molecule has 0 aliphatic carbocycles. The number of carboxylic acids is 1. The maximum Gasteiger partial charge on any atom is 0.307 e. The number of carboxylic acid groups (broad SMARTS) is 1. The van der Waals surface area contributed by atoms with Crippen LogP contribution in [0.4, 0.5) is 0 Å². The Morgan fingerprint density at radius 1 is 1.25 bits per heavy atom. The van der Waals surface area contributed by atoms with E-state index in [4.69, 9.17) is 14.6 Å². The Kier molecular flexibility index (Phi) is 6.20. The van der Waals surface area contributed by atoms with Gasteiger partial charge in [0.25, 0.3) is 0 Å². The number of rotatable bonds is 7. The standard InChI is InChI=1S/C16H23NO6S/c1-12-3-4-13(16(18)19)11-17(12)24(20,21)15-7-5-14(6-8-15)23-10-9-22-2/h5-8,12-13H,3-4,9-11H2,1-2H3,(H,18,19). The van der Waals surface area contributed by atoms with Gasteiger partial charge in [0, 0.05) is 19.7 Å². The van der Waals surface area contributed by atoms with E-state index in [1.165, 1.54) is 16.4 Å². The molecule has 1 aromatic carbocycles. The molecule has 0 bridgehead atoms. The summed E-state index contributed by atoms with van der Waals surface area (Å²) in [5.41, 5.74) is 0. The molecule has 1 fully saturated rings. The number of carbonyl (C=O) groups is 1. The van der Waals surface area contributed by atoms with Gasteiger partial charge in [0.05, 0.1) is 17.4 Å². The molecule has 24 heavy (non-hydrogen) atoms. The minimum absolute atomic E-state index is 0.00488. The normalized spacial score (nSPS) is 22.2. The van der Waals surface area contributed by atoms with Crippen molar-refractivity contribution >= 4 is 16.0 Å². The average Bonchev–Trinajstić information content (AvgIpc) is 2.55. The molecular formula is C16H23NO6S. The smallest absolute Gasteiger partial charge is 0.307 e. The van der Waals surface area contributed by atoms with Gasteiger partial charge in [0.15, 0.2) is 0 Å². The second kappa shape index (κ2) is 7.96. The number of nitrogens with zero attached hydrogens (tertiary/aromatic N) is 1. The minimum atomic E-state index is -3.73. The van der Waals surface area contributed by atoms with Crippen LogP contribution in [0.15, 0.2) is 29.2 Å². The van der Waals surface area contributed by atoms with Gasteiger partial charge in [-0.1, -0.05) is 0 Å². The van der Waals surface area contributed by atoms with Gasteiger partial charge >= 0.3 is 5.97 Å². The second-order valence-electron chi connectivity index (χ2n) is 5.85. The Labute approximate surface area is 142 Å². The highest BCUT2D eigenvalue weighted by atomic mass is 32.2. The van der Waals surface area contributed by atoms with Crippen molar-refractivity contribution in [2.75, 3.05) is 26.9 Å². The van der Waals surface area contributed by atoms with Crippen molar-refractivity contribution in [1.82, 2.24) is 4.31 Å². The fourth-order valence-corrected chi connectivity index (χ4v) is 4.40. The zero-order valence-corrected chi connectivity index (χ0v) is 14.7. The number of aliphatic carboxylic acids is 1. The van der Waals surface area contributed by atoms with Crippen LogP contribution >= 0.6 is 0 Å². The first-order chi connectivity index (χ1) is 11.4. The van der Waals surface area contributed by atoms with Crippen LogP contribution in [0.5, 0.6) is 5.75 Å². The van der Waals surface area contributed by atoms with Gasteiger partial charge < -0.3 is 14.6 Å². The van der Waals surface area contributed by atoms with E-state index in [-0.39, 0.29) is 17.5 Å². The molecular weight excluding hydrogens is 334 g/mol. The van der Waals surface area contributed by atoms with Gasteiger partial charge in [0.2, 0.25) is 10.0 Å². The summed E-state index contributed by atoms with van der Waals surface area (Å²) in [5, 5.41) is 9.17. The molecule has 0 spiro atoms. The molecule has 1 heterocycles. The maximum atomic E-state index is 12.8. The van der Waals surface area contributed by atoms with Crippen molar-refractivity contribution in [3.63, 3.8) is 0 Å². The third-order valence-corrected chi connectivity index (χ3v) is 6.15. The van der Waals surface area contributed by atoms with E-state index in [0.717, 1.165) is 0 Å². The van der Waals surface area contributed by atoms with Crippen molar-refractivity contribution in [3.8, 4) is 5.75 Å². The molecule has 2 unspecified atom stereocenters. The lowest BCUT2D eigenvalue weighted by atomic mass is 9.96. The highest BCUT2D eigenvalue weighted by Crippen LogP contribution is 2.29. The second-order valence-corrected chi connectivity index (χ2v) is 7.74. The van der Waals surface area contributed by atoms with E-state index in [9.17, 15) is 13.2 Å². The van der Waals surface area contributed by atoms with E-state index in [2.05, 4.69) is 0 Å². The SMILES string of the molecule is COCCOc1ccc(S(=O)(=O)N2CC(C(=O)O)CCC2C)cc1. The molecule has 7 nitrogen and oxygen atoms in total. The van der Waals surface area contributed by atoms with E-state index in [0.29, 0.717) is 31.8 Å². The van der Waals surface area contributed by atoms with Crippen LogP contribution in [0.25, 0.3) is 0 Å². The van der Waals surface area contributed by atoms with Gasteiger partial charge in [-0.3, -0.25) is 4.79 Å². The summed E-state index contributed by atoms with van der Waals surface area (Å²) in [5.74, 6) is -1.06. The summed E-state index contributed by atoms with van der Waals surface area (Å²) in [4.78, 5) is 11.3. The summed E-state index contributed by atoms with van der Waals surface area (Å²) in [6, 6.07) is 5.92. The topological polar surface area (TPSA) is 93.1 Å². The highest BCUT2D eigenvalue weighted by molar-refractivity contribution is 7.89. The molecule has 1 aliphatic rings. The van der Waals surface area contributed by atoms with Gasteiger partial charge in [0.1, 0.15) is 12.4 Å². The van der Waals surface area contributed by atoms with Crippen LogP contribution in [0.1, 0.15) is 19.8 Å². The Hall–Kier alpha value is -1.64. The van der Waals surface area contributed by atoms with E-state index in [1.54, 1.807) is 26.2 Å². The molecule has 1 N–H and O–H groups in total. The third kappa shape index (κ3) is 4.25. The molecule has 2 rings (SSSR count). The molecule has 0 saturated carbocycles. The fourth-order valence-electron chi connectivity index (χ4n) is 2.70. The molecule has 1 aromatic rings. The molecule has 8 heteroatoms. The molecule has 1 saturated heterocycles. The first-order valence-corrected chi connectivity index (χ1v) is 9.26. The molecule has 1 aliphatic heterocycles. The highest BCUT2D eigenvalue weighted by Gasteiger charge is 2.37.